The van der Waals surface area contributed by atoms with Crippen molar-refractivity contribution >= 4 is 0 Å². The molecule has 3 aromatic rings. The Balaban J connectivity index is 2.23. The molecule has 0 amide bonds. The van der Waals surface area contributed by atoms with Gasteiger partial charge in [0.2, 0.25) is 5.89 Å². The van der Waals surface area contributed by atoms with E-state index in [2.05, 4.69) is 16.0 Å². The van der Waals surface area contributed by atoms with E-state index in [1.54, 1.807) is 6.20 Å². The van der Waals surface area contributed by atoms with Gasteiger partial charge in [-0.15, -0.1) is 0 Å². The largest absolute Gasteiger partial charge is 0.443 e. The molecular formula is C15H9N3O. The summed E-state index contributed by atoms with van der Waals surface area (Å²) >= 11 is 0. The van der Waals surface area contributed by atoms with Gasteiger partial charge in [-0.3, -0.25) is 0 Å². The van der Waals surface area contributed by atoms with Crippen LogP contribution in [0.1, 0.15) is 5.56 Å². The SMILES string of the molecule is N#Cc1c(-c2ccccc2)ccnc1-c1ncco1. The van der Waals surface area contributed by atoms with Crippen LogP contribution in [-0.4, -0.2) is 9.97 Å². The molecule has 0 unspecified atom stereocenters. The Labute approximate surface area is 110 Å². The van der Waals surface area contributed by atoms with Crippen LogP contribution in [0.15, 0.2) is 59.5 Å². The third kappa shape index (κ3) is 1.98. The zero-order valence-corrected chi connectivity index (χ0v) is 9.95. The molecule has 19 heavy (non-hydrogen) atoms. The van der Waals surface area contributed by atoms with E-state index in [-0.39, 0.29) is 0 Å². The molecule has 3 rings (SSSR count). The third-order valence-corrected chi connectivity index (χ3v) is 2.78. The maximum atomic E-state index is 9.40. The highest BCUT2D eigenvalue weighted by Crippen LogP contribution is 2.29. The van der Waals surface area contributed by atoms with E-state index in [9.17, 15) is 5.26 Å². The smallest absolute Gasteiger partial charge is 0.246 e. The van der Waals surface area contributed by atoms with E-state index in [1.165, 1.54) is 12.5 Å². The molecule has 4 heteroatoms. The van der Waals surface area contributed by atoms with Gasteiger partial charge in [-0.2, -0.15) is 5.26 Å². The molecule has 0 fully saturated rings. The number of nitriles is 1. The monoisotopic (exact) mass is 247 g/mol. The van der Waals surface area contributed by atoms with E-state index in [0.717, 1.165) is 11.1 Å². The summed E-state index contributed by atoms with van der Waals surface area (Å²) < 4.78 is 5.23. The second-order valence-electron chi connectivity index (χ2n) is 3.90. The van der Waals surface area contributed by atoms with E-state index >= 15 is 0 Å². The molecule has 0 aliphatic heterocycles. The number of benzene rings is 1. The lowest BCUT2D eigenvalue weighted by Gasteiger charge is -2.06. The normalized spacial score (nSPS) is 10.1. The molecular weight excluding hydrogens is 238 g/mol. The molecule has 1 aromatic carbocycles. The van der Waals surface area contributed by atoms with Crippen molar-refractivity contribution in [2.75, 3.05) is 0 Å². The van der Waals surface area contributed by atoms with Crippen molar-refractivity contribution in [2.45, 2.75) is 0 Å². The Morgan fingerprint density at radius 3 is 2.53 bits per heavy atom. The Kier molecular flexibility index (Phi) is 2.79. The maximum absolute atomic E-state index is 9.40. The Morgan fingerprint density at radius 2 is 1.84 bits per heavy atom. The van der Waals surface area contributed by atoms with Gasteiger partial charge >= 0.3 is 0 Å². The van der Waals surface area contributed by atoms with Crippen molar-refractivity contribution in [3.63, 3.8) is 0 Å². The molecule has 0 aliphatic carbocycles. The van der Waals surface area contributed by atoms with Gasteiger partial charge in [0.25, 0.3) is 0 Å². The molecule has 0 spiro atoms. The van der Waals surface area contributed by atoms with Crippen molar-refractivity contribution in [1.29, 1.82) is 5.26 Å². The van der Waals surface area contributed by atoms with Gasteiger partial charge in [0.05, 0.1) is 11.8 Å². The molecule has 0 saturated heterocycles. The number of aromatic nitrogens is 2. The van der Waals surface area contributed by atoms with Crippen LogP contribution in [0.4, 0.5) is 0 Å². The van der Waals surface area contributed by atoms with Gasteiger partial charge in [-0.1, -0.05) is 30.3 Å². The van der Waals surface area contributed by atoms with Gasteiger partial charge in [-0.25, -0.2) is 9.97 Å². The molecule has 4 nitrogen and oxygen atoms in total. The first-order chi connectivity index (χ1) is 9.40. The molecule has 0 radical (unpaired) electrons. The minimum atomic E-state index is 0.356. The van der Waals surface area contributed by atoms with Gasteiger partial charge in [0, 0.05) is 11.8 Å². The lowest BCUT2D eigenvalue weighted by atomic mass is 10.00. The molecule has 0 aliphatic rings. The number of rotatable bonds is 2. The Morgan fingerprint density at radius 1 is 1.00 bits per heavy atom. The van der Waals surface area contributed by atoms with Crippen LogP contribution in [0, 0.1) is 11.3 Å². The number of hydrogen-bond acceptors (Lipinski definition) is 4. The van der Waals surface area contributed by atoms with Crippen molar-refractivity contribution in [1.82, 2.24) is 9.97 Å². The fourth-order valence-electron chi connectivity index (χ4n) is 1.94. The average Bonchev–Trinajstić information content (AvgIpc) is 3.01. The van der Waals surface area contributed by atoms with Gasteiger partial charge in [0.15, 0.2) is 0 Å². The first kappa shape index (κ1) is 11.2. The second-order valence-corrected chi connectivity index (χ2v) is 3.90. The van der Waals surface area contributed by atoms with Gasteiger partial charge in [-0.05, 0) is 11.6 Å². The van der Waals surface area contributed by atoms with Crippen LogP contribution in [-0.2, 0) is 0 Å². The summed E-state index contributed by atoms with van der Waals surface area (Å²) in [6.07, 6.45) is 4.66. The van der Waals surface area contributed by atoms with Gasteiger partial charge < -0.3 is 4.42 Å². The van der Waals surface area contributed by atoms with Crippen LogP contribution < -0.4 is 0 Å². The number of nitrogens with zero attached hydrogens (tertiary/aromatic N) is 3. The summed E-state index contributed by atoms with van der Waals surface area (Å²) in [6, 6.07) is 13.7. The molecule has 0 saturated carbocycles. The lowest BCUT2D eigenvalue weighted by Crippen LogP contribution is -1.93. The van der Waals surface area contributed by atoms with Crippen molar-refractivity contribution in [3.05, 3.63) is 60.6 Å². The number of oxazole rings is 1. The van der Waals surface area contributed by atoms with Crippen molar-refractivity contribution in [3.8, 4) is 28.8 Å². The standard InChI is InChI=1S/C15H9N3O/c16-10-13-12(11-4-2-1-3-5-11)6-7-17-14(13)15-18-8-9-19-15/h1-9H. The summed E-state index contributed by atoms with van der Waals surface area (Å²) in [5.41, 5.74) is 2.73. The predicted molar refractivity (Wildman–Crippen MR) is 69.9 cm³/mol. The second kappa shape index (κ2) is 4.75. The topological polar surface area (TPSA) is 62.7 Å². The van der Waals surface area contributed by atoms with Crippen LogP contribution in [0.3, 0.4) is 0 Å². The molecule has 90 valence electrons. The summed E-state index contributed by atoms with van der Waals surface area (Å²) in [7, 11) is 0. The van der Waals surface area contributed by atoms with E-state index in [1.807, 2.05) is 36.4 Å². The molecule has 2 aromatic heterocycles. The summed E-state index contributed by atoms with van der Waals surface area (Å²) in [5, 5.41) is 9.40. The van der Waals surface area contributed by atoms with E-state index in [0.29, 0.717) is 17.1 Å². The third-order valence-electron chi connectivity index (χ3n) is 2.78. The minimum Gasteiger partial charge on any atom is -0.443 e. The van der Waals surface area contributed by atoms with Crippen LogP contribution in [0.5, 0.6) is 0 Å². The zero-order valence-electron chi connectivity index (χ0n) is 9.95. The minimum absolute atomic E-state index is 0.356. The van der Waals surface area contributed by atoms with Crippen LogP contribution in [0.25, 0.3) is 22.7 Å². The van der Waals surface area contributed by atoms with Crippen molar-refractivity contribution in [2.24, 2.45) is 0 Å². The Hall–Kier alpha value is -2.93. The predicted octanol–water partition coefficient (Wildman–Crippen LogP) is 3.28. The molecule has 0 bridgehead atoms. The van der Waals surface area contributed by atoms with Crippen molar-refractivity contribution < 1.29 is 4.42 Å². The first-order valence-electron chi connectivity index (χ1n) is 5.74. The van der Waals surface area contributed by atoms with Gasteiger partial charge in [0.1, 0.15) is 18.0 Å². The van der Waals surface area contributed by atoms with E-state index in [4.69, 9.17) is 4.42 Å². The maximum Gasteiger partial charge on any atom is 0.246 e. The highest BCUT2D eigenvalue weighted by atomic mass is 16.3. The lowest BCUT2D eigenvalue weighted by molar-refractivity contribution is 0.572. The fraction of sp³-hybridized carbons (Fsp3) is 0. The van der Waals surface area contributed by atoms with Crippen LogP contribution in [0.2, 0.25) is 0 Å². The summed E-state index contributed by atoms with van der Waals surface area (Å²) in [6.45, 7) is 0. The first-order valence-corrected chi connectivity index (χ1v) is 5.74. The summed E-state index contributed by atoms with van der Waals surface area (Å²) in [4.78, 5) is 8.25. The molecule has 2 heterocycles. The Bertz CT molecular complexity index is 728. The number of hydrogen-bond donors (Lipinski definition) is 0. The average molecular weight is 247 g/mol. The quantitative estimate of drug-likeness (QED) is 0.697. The molecule has 0 N–H and O–H groups in total. The fourth-order valence-corrected chi connectivity index (χ4v) is 1.94. The summed E-state index contributed by atoms with van der Waals surface area (Å²) in [5.74, 6) is 0.356. The zero-order chi connectivity index (χ0) is 13.1. The highest BCUT2D eigenvalue weighted by Gasteiger charge is 2.15. The highest BCUT2D eigenvalue weighted by molar-refractivity contribution is 5.76. The van der Waals surface area contributed by atoms with Crippen LogP contribution >= 0.6 is 0 Å². The number of pyridine rings is 1. The van der Waals surface area contributed by atoms with E-state index < -0.39 is 0 Å². The molecule has 0 atom stereocenters.